The Morgan fingerprint density at radius 3 is 2.88 bits per heavy atom. The number of methoxy groups -OCH3 is 1. The van der Waals surface area contributed by atoms with Crippen LogP contribution in [0.3, 0.4) is 0 Å². The van der Waals surface area contributed by atoms with Crippen molar-refractivity contribution >= 4 is 11.6 Å². The van der Waals surface area contributed by atoms with Crippen molar-refractivity contribution in [1.29, 1.82) is 0 Å². The van der Waals surface area contributed by atoms with Crippen LogP contribution >= 0.6 is 0 Å². The number of hydrogen-bond donors (Lipinski definition) is 1. The van der Waals surface area contributed by atoms with E-state index < -0.39 is 0 Å². The number of benzene rings is 1. The van der Waals surface area contributed by atoms with Crippen molar-refractivity contribution in [2.24, 2.45) is 5.92 Å². The van der Waals surface area contributed by atoms with E-state index in [0.717, 1.165) is 44.0 Å². The molecule has 3 fully saturated rings. The normalized spacial score (nSPS) is 28.9. The fraction of sp³-hybridized carbons (Fsp3) is 0.611. The van der Waals surface area contributed by atoms with Crippen LogP contribution in [0.4, 0.5) is 5.69 Å². The number of nitrogens with one attached hydrogen (secondary N) is 1. The van der Waals surface area contributed by atoms with Crippen molar-refractivity contribution in [1.82, 2.24) is 5.32 Å². The van der Waals surface area contributed by atoms with Crippen LogP contribution in [0, 0.1) is 5.92 Å². The first-order valence-corrected chi connectivity index (χ1v) is 8.69. The van der Waals surface area contributed by atoms with E-state index in [0.29, 0.717) is 30.8 Å². The third-order valence-corrected chi connectivity index (χ3v) is 5.37. The van der Waals surface area contributed by atoms with Crippen LogP contribution in [-0.4, -0.2) is 58.1 Å². The molecule has 0 bridgehead atoms. The smallest absolute Gasteiger partial charge is 0.251 e. The van der Waals surface area contributed by atoms with Gasteiger partial charge in [-0.25, -0.2) is 0 Å². The molecule has 1 saturated carbocycles. The van der Waals surface area contributed by atoms with Gasteiger partial charge in [-0.05, 0) is 31.0 Å². The van der Waals surface area contributed by atoms with Crippen molar-refractivity contribution in [2.75, 3.05) is 44.9 Å². The second-order valence-electron chi connectivity index (χ2n) is 6.66. The van der Waals surface area contributed by atoms with Crippen molar-refractivity contribution in [2.45, 2.75) is 25.0 Å². The molecule has 2 saturated heterocycles. The maximum Gasteiger partial charge on any atom is 0.251 e. The molecule has 130 valence electrons. The summed E-state index contributed by atoms with van der Waals surface area (Å²) < 4.78 is 16.5. The van der Waals surface area contributed by atoms with Crippen LogP contribution in [0.15, 0.2) is 18.2 Å². The largest absolute Gasteiger partial charge is 0.495 e. The third kappa shape index (κ3) is 2.84. The molecule has 1 aliphatic carbocycles. The number of fused-ring (bicyclic) bond motifs is 1. The van der Waals surface area contributed by atoms with Gasteiger partial charge in [-0.3, -0.25) is 4.79 Å². The molecule has 3 aliphatic rings. The second-order valence-corrected chi connectivity index (χ2v) is 6.66. The van der Waals surface area contributed by atoms with Gasteiger partial charge in [0.15, 0.2) is 0 Å². The van der Waals surface area contributed by atoms with Gasteiger partial charge in [0.1, 0.15) is 5.75 Å². The van der Waals surface area contributed by atoms with Gasteiger partial charge >= 0.3 is 0 Å². The van der Waals surface area contributed by atoms with E-state index in [1.165, 1.54) is 0 Å². The number of hydrogen-bond acceptors (Lipinski definition) is 5. The first-order valence-electron chi connectivity index (χ1n) is 8.69. The minimum atomic E-state index is -0.0116. The molecule has 4 rings (SSSR count). The summed E-state index contributed by atoms with van der Waals surface area (Å²) >= 11 is 0. The Hall–Kier alpha value is -1.79. The summed E-state index contributed by atoms with van der Waals surface area (Å²) in [7, 11) is 1.66. The molecule has 24 heavy (non-hydrogen) atoms. The summed E-state index contributed by atoms with van der Waals surface area (Å²) in [6.45, 7) is 3.84. The van der Waals surface area contributed by atoms with Gasteiger partial charge in [0, 0.05) is 37.2 Å². The topological polar surface area (TPSA) is 60.0 Å². The van der Waals surface area contributed by atoms with Crippen molar-refractivity contribution in [3.05, 3.63) is 23.8 Å². The Bertz CT molecular complexity index is 615. The lowest BCUT2D eigenvalue weighted by molar-refractivity contribution is 0.00810. The van der Waals surface area contributed by atoms with Crippen LogP contribution in [0.25, 0.3) is 0 Å². The average molecular weight is 332 g/mol. The number of morpholine rings is 1. The van der Waals surface area contributed by atoms with E-state index in [-0.39, 0.29) is 11.9 Å². The quantitative estimate of drug-likeness (QED) is 0.904. The minimum absolute atomic E-state index is 0.0116. The second kappa shape index (κ2) is 6.61. The van der Waals surface area contributed by atoms with Crippen LogP contribution < -0.4 is 15.0 Å². The highest BCUT2D eigenvalue weighted by atomic mass is 16.5. The SMILES string of the molecule is COc1ccc(C(=O)N[C@H]2C[C@@H]3OCC[C@H]23)cc1N1CCOCC1. The zero-order chi connectivity index (χ0) is 16.5. The molecule has 2 heterocycles. The van der Waals surface area contributed by atoms with Crippen LogP contribution in [-0.2, 0) is 9.47 Å². The Kier molecular flexibility index (Phi) is 4.33. The van der Waals surface area contributed by atoms with E-state index in [4.69, 9.17) is 14.2 Å². The predicted octanol–water partition coefficient (Wildman–Crippen LogP) is 1.44. The number of amides is 1. The first kappa shape index (κ1) is 15.7. The van der Waals surface area contributed by atoms with Gasteiger partial charge in [0.25, 0.3) is 5.91 Å². The molecule has 0 aromatic heterocycles. The third-order valence-electron chi connectivity index (χ3n) is 5.37. The Morgan fingerprint density at radius 2 is 2.12 bits per heavy atom. The number of rotatable bonds is 4. The van der Waals surface area contributed by atoms with Crippen LogP contribution in [0.1, 0.15) is 23.2 Å². The molecule has 0 spiro atoms. The molecule has 6 heteroatoms. The van der Waals surface area contributed by atoms with E-state index in [2.05, 4.69) is 10.2 Å². The molecule has 6 nitrogen and oxygen atoms in total. The predicted molar refractivity (Wildman–Crippen MR) is 89.7 cm³/mol. The van der Waals surface area contributed by atoms with Gasteiger partial charge in [-0.1, -0.05) is 0 Å². The molecule has 0 unspecified atom stereocenters. The standard InChI is InChI=1S/C18H24N2O4/c1-22-16-3-2-12(10-15(16)20-5-8-23-9-6-20)18(21)19-14-11-17-13(14)4-7-24-17/h2-3,10,13-14,17H,4-9,11H2,1H3,(H,19,21)/t13-,14+,17+/m1/s1. The van der Waals surface area contributed by atoms with Gasteiger partial charge in [-0.2, -0.15) is 0 Å². The van der Waals surface area contributed by atoms with Crippen LogP contribution in [0.5, 0.6) is 5.75 Å². The molecule has 1 aromatic carbocycles. The molecule has 3 atom stereocenters. The van der Waals surface area contributed by atoms with Crippen molar-refractivity contribution in [3.63, 3.8) is 0 Å². The molecule has 1 amide bonds. The summed E-state index contributed by atoms with van der Waals surface area (Å²) in [6, 6.07) is 5.89. The molecule has 1 N–H and O–H groups in total. The highest BCUT2D eigenvalue weighted by Gasteiger charge is 2.45. The zero-order valence-electron chi connectivity index (χ0n) is 14.0. The van der Waals surface area contributed by atoms with E-state index in [1.54, 1.807) is 7.11 Å². The maximum absolute atomic E-state index is 12.6. The number of carbonyl (C=O) groups excluding carboxylic acids is 1. The minimum Gasteiger partial charge on any atom is -0.495 e. The lowest BCUT2D eigenvalue weighted by Gasteiger charge is -2.39. The fourth-order valence-electron chi connectivity index (χ4n) is 3.90. The van der Waals surface area contributed by atoms with Gasteiger partial charge < -0.3 is 24.4 Å². The lowest BCUT2D eigenvalue weighted by Crippen LogP contribution is -2.53. The summed E-state index contributed by atoms with van der Waals surface area (Å²) in [5.74, 6) is 1.27. The van der Waals surface area contributed by atoms with E-state index in [9.17, 15) is 4.79 Å². The zero-order valence-corrected chi connectivity index (χ0v) is 14.0. The molecule has 2 aliphatic heterocycles. The summed E-state index contributed by atoms with van der Waals surface area (Å²) in [5.41, 5.74) is 1.64. The van der Waals surface area contributed by atoms with Crippen molar-refractivity contribution < 1.29 is 19.0 Å². The van der Waals surface area contributed by atoms with Gasteiger partial charge in [0.2, 0.25) is 0 Å². The first-order chi connectivity index (χ1) is 11.8. The summed E-state index contributed by atoms with van der Waals surface area (Å²) in [4.78, 5) is 14.8. The Balaban J connectivity index is 1.49. The fourth-order valence-corrected chi connectivity index (χ4v) is 3.90. The number of carbonyl (C=O) groups is 1. The van der Waals surface area contributed by atoms with Crippen molar-refractivity contribution in [3.8, 4) is 5.75 Å². The van der Waals surface area contributed by atoms with Crippen LogP contribution in [0.2, 0.25) is 0 Å². The molecular formula is C18H24N2O4. The maximum atomic E-state index is 12.6. The highest BCUT2D eigenvalue weighted by molar-refractivity contribution is 5.96. The number of nitrogens with zero attached hydrogens (tertiary/aromatic N) is 1. The summed E-state index contributed by atoms with van der Waals surface area (Å²) in [6.07, 6.45) is 2.34. The molecule has 1 aromatic rings. The summed E-state index contributed by atoms with van der Waals surface area (Å²) in [5, 5.41) is 3.17. The highest BCUT2D eigenvalue weighted by Crippen LogP contribution is 2.38. The van der Waals surface area contributed by atoms with E-state index in [1.807, 2.05) is 18.2 Å². The van der Waals surface area contributed by atoms with Gasteiger partial charge in [-0.15, -0.1) is 0 Å². The molecule has 0 radical (unpaired) electrons. The van der Waals surface area contributed by atoms with Gasteiger partial charge in [0.05, 0.1) is 32.1 Å². The lowest BCUT2D eigenvalue weighted by atomic mass is 9.76. The average Bonchev–Trinajstić information content (AvgIpc) is 3.00. The molecular weight excluding hydrogens is 308 g/mol. The monoisotopic (exact) mass is 332 g/mol. The number of ether oxygens (including phenoxy) is 3. The number of anilines is 1. The van der Waals surface area contributed by atoms with E-state index >= 15 is 0 Å². The Morgan fingerprint density at radius 1 is 1.29 bits per heavy atom. The Labute approximate surface area is 142 Å².